The number of nitrogens with zero attached hydrogens (tertiary/aromatic N) is 1. The van der Waals surface area contributed by atoms with Crippen molar-refractivity contribution in [2.75, 3.05) is 13.2 Å². The number of hydrogen-bond acceptors (Lipinski definition) is 3. The molecule has 72 valence electrons. The molecule has 3 N–H and O–H groups in total. The van der Waals surface area contributed by atoms with Gasteiger partial charge < -0.3 is 16.0 Å². The van der Waals surface area contributed by atoms with Crippen molar-refractivity contribution in [3.05, 3.63) is 12.3 Å². The van der Waals surface area contributed by atoms with Gasteiger partial charge in [-0.05, 0) is 12.6 Å². The summed E-state index contributed by atoms with van der Waals surface area (Å²) in [5.74, 6) is -0.432. The third-order valence-corrected chi connectivity index (χ3v) is 1.97. The fourth-order valence-corrected chi connectivity index (χ4v) is 1.27. The number of nitrogens with one attached hydrogen (secondary N) is 1. The Balaban J connectivity index is 2.41. The van der Waals surface area contributed by atoms with Crippen LogP contribution in [0.3, 0.4) is 0 Å². The van der Waals surface area contributed by atoms with Gasteiger partial charge in [0, 0.05) is 6.54 Å². The molecule has 0 radical (unpaired) electrons. The summed E-state index contributed by atoms with van der Waals surface area (Å²) in [6.45, 7) is 0.996. The molecule has 5 nitrogen and oxygen atoms in total. The van der Waals surface area contributed by atoms with Crippen molar-refractivity contribution in [3.63, 3.8) is 0 Å². The van der Waals surface area contributed by atoms with Crippen LogP contribution in [0.2, 0.25) is 0 Å². The van der Waals surface area contributed by atoms with E-state index in [0.717, 1.165) is 0 Å². The summed E-state index contributed by atoms with van der Waals surface area (Å²) >= 11 is 0. The lowest BCUT2D eigenvalue weighted by molar-refractivity contribution is -0.122. The molecule has 2 amide bonds. The maximum atomic E-state index is 10.8. The summed E-state index contributed by atoms with van der Waals surface area (Å²) in [4.78, 5) is 22.7. The molecule has 0 aliphatic carbocycles. The van der Waals surface area contributed by atoms with Gasteiger partial charge in [0.05, 0.1) is 12.6 Å². The van der Waals surface area contributed by atoms with E-state index in [2.05, 4.69) is 5.32 Å². The molecule has 13 heavy (non-hydrogen) atoms. The molecule has 0 aromatic rings. The number of allylic oxidation sites excluding steroid dienone is 1. The van der Waals surface area contributed by atoms with Crippen LogP contribution < -0.4 is 11.1 Å². The zero-order chi connectivity index (χ0) is 9.68. The van der Waals surface area contributed by atoms with E-state index in [0.29, 0.717) is 26.0 Å². The fourth-order valence-electron chi connectivity index (χ4n) is 1.27. The molecule has 0 aromatic heterocycles. The Labute approximate surface area is 76.6 Å². The second-order valence-electron chi connectivity index (χ2n) is 2.97. The standard InChI is InChI=1S/C8H13N3O2/c9-8(13)7-2-1-3-11(4-7)5-10-6-12/h1,3,6-7H,2,4-5H2,(H2,9,13)(H,10,12). The largest absolute Gasteiger partial charge is 0.369 e. The third kappa shape index (κ3) is 2.77. The van der Waals surface area contributed by atoms with E-state index in [1.54, 1.807) is 0 Å². The van der Waals surface area contributed by atoms with Gasteiger partial charge in [-0.3, -0.25) is 9.59 Å². The van der Waals surface area contributed by atoms with Crippen LogP contribution in [0, 0.1) is 5.92 Å². The third-order valence-electron chi connectivity index (χ3n) is 1.97. The van der Waals surface area contributed by atoms with Crippen LogP contribution in [0.5, 0.6) is 0 Å². The first-order chi connectivity index (χ1) is 6.24. The lowest BCUT2D eigenvalue weighted by atomic mass is 10.0. The van der Waals surface area contributed by atoms with E-state index in [1.165, 1.54) is 0 Å². The summed E-state index contributed by atoms with van der Waals surface area (Å²) < 4.78 is 0. The second-order valence-corrected chi connectivity index (χ2v) is 2.97. The average Bonchev–Trinajstić information content (AvgIpc) is 2.15. The van der Waals surface area contributed by atoms with Gasteiger partial charge in [-0.1, -0.05) is 6.08 Å². The van der Waals surface area contributed by atoms with Gasteiger partial charge in [0.15, 0.2) is 0 Å². The molecule has 0 saturated heterocycles. The molecule has 1 aliphatic heterocycles. The molecule has 0 aromatic carbocycles. The minimum atomic E-state index is -0.291. The number of nitrogens with two attached hydrogens (primary N) is 1. The summed E-state index contributed by atoms with van der Waals surface area (Å²) in [6.07, 6.45) is 5.05. The Hall–Kier alpha value is -1.52. The minimum Gasteiger partial charge on any atom is -0.369 e. The first kappa shape index (κ1) is 9.57. The Bertz CT molecular complexity index is 227. The maximum Gasteiger partial charge on any atom is 0.222 e. The van der Waals surface area contributed by atoms with E-state index in [-0.39, 0.29) is 11.8 Å². The quantitative estimate of drug-likeness (QED) is 0.549. The van der Waals surface area contributed by atoms with Gasteiger partial charge in [0.25, 0.3) is 0 Å². The van der Waals surface area contributed by atoms with Crippen molar-refractivity contribution >= 4 is 12.3 Å². The first-order valence-electron chi connectivity index (χ1n) is 4.11. The Morgan fingerprint density at radius 1 is 1.77 bits per heavy atom. The van der Waals surface area contributed by atoms with E-state index < -0.39 is 0 Å². The number of carbonyl (C=O) groups excluding carboxylic acids is 2. The summed E-state index contributed by atoms with van der Waals surface area (Å²) in [7, 11) is 0. The first-order valence-corrected chi connectivity index (χ1v) is 4.11. The van der Waals surface area contributed by atoms with Crippen LogP contribution in [0.1, 0.15) is 6.42 Å². The molecular formula is C8H13N3O2. The highest BCUT2D eigenvalue weighted by atomic mass is 16.1. The Morgan fingerprint density at radius 2 is 2.54 bits per heavy atom. The molecule has 5 heteroatoms. The van der Waals surface area contributed by atoms with Crippen LogP contribution in [-0.2, 0) is 9.59 Å². The molecule has 0 fully saturated rings. The zero-order valence-corrected chi connectivity index (χ0v) is 7.27. The van der Waals surface area contributed by atoms with Crippen LogP contribution >= 0.6 is 0 Å². The van der Waals surface area contributed by atoms with Crippen molar-refractivity contribution in [3.8, 4) is 0 Å². The van der Waals surface area contributed by atoms with Crippen LogP contribution in [0.25, 0.3) is 0 Å². The number of rotatable bonds is 4. The molecule has 1 rings (SSSR count). The lowest BCUT2D eigenvalue weighted by Gasteiger charge is -2.27. The van der Waals surface area contributed by atoms with Crippen LogP contribution in [0.15, 0.2) is 12.3 Å². The van der Waals surface area contributed by atoms with Gasteiger partial charge in [-0.2, -0.15) is 0 Å². The predicted octanol–water partition coefficient (Wildman–Crippen LogP) is -0.989. The fraction of sp³-hybridized carbons (Fsp3) is 0.500. The molecule has 1 unspecified atom stereocenters. The number of hydrogen-bond donors (Lipinski definition) is 2. The SMILES string of the molecule is NC(=O)C1CC=CN(CNC=O)C1. The summed E-state index contributed by atoms with van der Waals surface area (Å²) in [5, 5.41) is 2.52. The summed E-state index contributed by atoms with van der Waals surface area (Å²) in [6, 6.07) is 0. The maximum absolute atomic E-state index is 10.8. The highest BCUT2D eigenvalue weighted by Gasteiger charge is 2.19. The highest BCUT2D eigenvalue weighted by molar-refractivity contribution is 5.77. The number of amides is 2. The van der Waals surface area contributed by atoms with Gasteiger partial charge in [0.2, 0.25) is 12.3 Å². The number of carbonyl (C=O) groups is 2. The van der Waals surface area contributed by atoms with E-state index in [1.807, 2.05) is 17.2 Å². The topological polar surface area (TPSA) is 75.4 Å². The van der Waals surface area contributed by atoms with Gasteiger partial charge in [-0.25, -0.2) is 0 Å². The predicted molar refractivity (Wildman–Crippen MR) is 47.2 cm³/mol. The van der Waals surface area contributed by atoms with E-state index in [4.69, 9.17) is 5.73 Å². The monoisotopic (exact) mass is 183 g/mol. The average molecular weight is 183 g/mol. The van der Waals surface area contributed by atoms with Crippen molar-refractivity contribution in [1.29, 1.82) is 0 Å². The zero-order valence-electron chi connectivity index (χ0n) is 7.27. The van der Waals surface area contributed by atoms with E-state index >= 15 is 0 Å². The molecular weight excluding hydrogens is 170 g/mol. The molecule has 0 saturated carbocycles. The van der Waals surface area contributed by atoms with Crippen molar-refractivity contribution in [2.45, 2.75) is 6.42 Å². The molecule has 0 bridgehead atoms. The van der Waals surface area contributed by atoms with Crippen LogP contribution in [0.4, 0.5) is 0 Å². The van der Waals surface area contributed by atoms with Gasteiger partial charge in [-0.15, -0.1) is 0 Å². The number of primary amides is 1. The Morgan fingerprint density at radius 3 is 3.15 bits per heavy atom. The van der Waals surface area contributed by atoms with Gasteiger partial charge in [0.1, 0.15) is 0 Å². The Kier molecular flexibility index (Phi) is 3.31. The minimum absolute atomic E-state index is 0.140. The molecule has 1 atom stereocenters. The summed E-state index contributed by atoms with van der Waals surface area (Å²) in [5.41, 5.74) is 5.17. The second kappa shape index (κ2) is 4.49. The molecule has 1 heterocycles. The highest BCUT2D eigenvalue weighted by Crippen LogP contribution is 2.11. The molecule has 1 aliphatic rings. The van der Waals surface area contributed by atoms with Crippen molar-refractivity contribution in [1.82, 2.24) is 10.2 Å². The lowest BCUT2D eigenvalue weighted by Crippen LogP contribution is -2.39. The van der Waals surface area contributed by atoms with E-state index in [9.17, 15) is 9.59 Å². The normalized spacial score (nSPS) is 21.2. The van der Waals surface area contributed by atoms with Crippen molar-refractivity contribution in [2.24, 2.45) is 11.7 Å². The van der Waals surface area contributed by atoms with Crippen molar-refractivity contribution < 1.29 is 9.59 Å². The molecule has 0 spiro atoms. The van der Waals surface area contributed by atoms with Crippen LogP contribution in [-0.4, -0.2) is 30.4 Å². The smallest absolute Gasteiger partial charge is 0.222 e. The van der Waals surface area contributed by atoms with Gasteiger partial charge >= 0.3 is 0 Å².